The van der Waals surface area contributed by atoms with Gasteiger partial charge in [0.05, 0.1) is 13.4 Å². The van der Waals surface area contributed by atoms with Crippen LogP contribution in [-0.2, 0) is 16.0 Å². The molecule has 32 heavy (non-hydrogen) atoms. The first-order valence-corrected chi connectivity index (χ1v) is 14.7. The van der Waals surface area contributed by atoms with E-state index in [1.165, 1.54) is 36.2 Å². The number of nitrogens with one attached hydrogen (secondary N) is 1. The minimum absolute atomic E-state index is 0.108. The average Bonchev–Trinajstić information content (AvgIpc) is 3.18. The van der Waals surface area contributed by atoms with Crippen LogP contribution in [-0.4, -0.2) is 75.0 Å². The number of hydrogen-bond acceptors (Lipinski definition) is 5. The van der Waals surface area contributed by atoms with E-state index >= 15 is 0 Å². The van der Waals surface area contributed by atoms with Crippen LogP contribution < -0.4 is 5.32 Å². The van der Waals surface area contributed by atoms with E-state index in [1.807, 2.05) is 6.07 Å². The first kappa shape index (κ1) is 25.4. The molecule has 2 saturated heterocycles. The number of aryl methyl sites for hydroxylation is 1. The van der Waals surface area contributed by atoms with Gasteiger partial charge in [-0.05, 0) is 12.8 Å². The fourth-order valence-corrected chi connectivity index (χ4v) is 6.57. The third-order valence-electron chi connectivity index (χ3n) is 7.30. The van der Waals surface area contributed by atoms with Crippen LogP contribution in [0.15, 0.2) is 30.0 Å². The van der Waals surface area contributed by atoms with Crippen LogP contribution in [0.1, 0.15) is 61.9 Å². The van der Waals surface area contributed by atoms with Crippen molar-refractivity contribution in [2.75, 3.05) is 25.5 Å². The van der Waals surface area contributed by atoms with Crippen LogP contribution in [0.3, 0.4) is 0 Å². The van der Waals surface area contributed by atoms with E-state index < -0.39 is 0 Å². The molecule has 0 bridgehead atoms. The number of allylic oxidation sites excluding steroid dienone is 1. The zero-order valence-corrected chi connectivity index (χ0v) is 23.6. The molecule has 0 saturated carbocycles. The fraction of sp³-hybridized carbons (Fsp3) is 0.615. The van der Waals surface area contributed by atoms with Crippen LogP contribution in [0, 0.1) is 11.8 Å². The summed E-state index contributed by atoms with van der Waals surface area (Å²) >= 11 is 1.24. The molecule has 2 heterocycles. The molecular formula is C26H37N2O3Pb. The SMILES string of the molecule is CCC1CN2CCC(Nc3cccc(CCC[CH2][Pb])c3C=O)C2CC1/C(=C\OC)C(C)=O. The molecule has 1 aromatic carbocycles. The second-order valence-corrected chi connectivity index (χ2v) is 11.1. The van der Waals surface area contributed by atoms with E-state index in [2.05, 4.69) is 29.3 Å². The van der Waals surface area contributed by atoms with E-state index in [0.29, 0.717) is 12.0 Å². The number of benzene rings is 1. The number of ether oxygens (including phenoxy) is 1. The number of hydrogen-bond donors (Lipinski definition) is 1. The summed E-state index contributed by atoms with van der Waals surface area (Å²) < 4.78 is 6.59. The van der Waals surface area contributed by atoms with Gasteiger partial charge < -0.3 is 4.74 Å². The number of anilines is 1. The number of fused-ring (bicyclic) bond motifs is 1. The minimum Gasteiger partial charge on any atom is -0.504 e. The first-order valence-electron chi connectivity index (χ1n) is 12.0. The van der Waals surface area contributed by atoms with Gasteiger partial charge >= 0.3 is 149 Å². The Labute approximate surface area is 209 Å². The number of methoxy groups -OCH3 is 1. The Morgan fingerprint density at radius 3 is 2.81 bits per heavy atom. The molecule has 0 spiro atoms. The van der Waals surface area contributed by atoms with E-state index in [4.69, 9.17) is 4.74 Å². The van der Waals surface area contributed by atoms with Crippen molar-refractivity contribution in [3.8, 4) is 0 Å². The van der Waals surface area contributed by atoms with Crippen molar-refractivity contribution < 1.29 is 14.3 Å². The molecule has 2 fully saturated rings. The van der Waals surface area contributed by atoms with Crippen molar-refractivity contribution in [1.82, 2.24) is 4.90 Å². The second kappa shape index (κ2) is 12.3. The molecule has 1 N–H and O–H groups in total. The van der Waals surface area contributed by atoms with E-state index in [0.717, 1.165) is 73.9 Å². The van der Waals surface area contributed by atoms with Crippen LogP contribution in [0.25, 0.3) is 0 Å². The quantitative estimate of drug-likeness (QED) is 0.129. The Kier molecular flexibility index (Phi) is 9.77. The van der Waals surface area contributed by atoms with Gasteiger partial charge in [0.25, 0.3) is 0 Å². The van der Waals surface area contributed by atoms with Gasteiger partial charge in [0, 0.05) is 5.57 Å². The van der Waals surface area contributed by atoms with Crippen molar-refractivity contribution >= 4 is 43.5 Å². The summed E-state index contributed by atoms with van der Waals surface area (Å²) in [4.78, 5) is 27.0. The molecule has 3 radical (unpaired) electrons. The molecule has 0 amide bonds. The number of carbonyl (C=O) groups is 2. The molecule has 6 heteroatoms. The molecule has 4 atom stereocenters. The maximum atomic E-state index is 12.4. The summed E-state index contributed by atoms with van der Waals surface area (Å²) in [6, 6.07) is 6.85. The van der Waals surface area contributed by atoms with Gasteiger partial charge in [-0.3, -0.25) is 4.79 Å². The summed E-state index contributed by atoms with van der Waals surface area (Å²) in [6.45, 7) is 5.94. The van der Waals surface area contributed by atoms with E-state index in [1.54, 1.807) is 20.3 Å². The molecule has 1 aromatic rings. The van der Waals surface area contributed by atoms with E-state index in [9.17, 15) is 9.59 Å². The number of aldehydes is 1. The summed E-state index contributed by atoms with van der Waals surface area (Å²) in [5.41, 5.74) is 3.76. The summed E-state index contributed by atoms with van der Waals surface area (Å²) in [6.07, 6.45) is 9.10. The van der Waals surface area contributed by atoms with Crippen molar-refractivity contribution in [3.63, 3.8) is 0 Å². The Hall–Kier alpha value is -1.22. The Balaban J connectivity index is 1.80. The number of unbranched alkanes of at least 4 members (excludes halogenated alkanes) is 1. The molecule has 0 aromatic heterocycles. The third-order valence-corrected chi connectivity index (χ3v) is 8.67. The Morgan fingerprint density at radius 2 is 2.16 bits per heavy atom. The van der Waals surface area contributed by atoms with Gasteiger partial charge in [-0.1, -0.05) is 13.3 Å². The molecule has 4 unspecified atom stereocenters. The molecule has 3 rings (SSSR count). The molecule has 0 aliphatic carbocycles. The third kappa shape index (κ3) is 5.82. The topological polar surface area (TPSA) is 58.6 Å². The zero-order chi connectivity index (χ0) is 23.1. The van der Waals surface area contributed by atoms with Crippen LogP contribution in [0.5, 0.6) is 0 Å². The van der Waals surface area contributed by atoms with Crippen LogP contribution in [0.2, 0.25) is 3.98 Å². The van der Waals surface area contributed by atoms with Crippen molar-refractivity contribution in [2.45, 2.75) is 68.4 Å². The normalized spacial score (nSPS) is 25.9. The Morgan fingerprint density at radius 1 is 1.34 bits per heavy atom. The smallest absolute Gasteiger partial charge is 0.504 e. The number of piperidine rings is 1. The van der Waals surface area contributed by atoms with Gasteiger partial charge in [-0.15, -0.1) is 0 Å². The van der Waals surface area contributed by atoms with Crippen LogP contribution >= 0.6 is 0 Å². The van der Waals surface area contributed by atoms with E-state index in [-0.39, 0.29) is 17.7 Å². The number of rotatable bonds is 11. The standard InChI is InChI=1S/C26H37N2O3.Pb/c1-5-7-9-20-10-8-11-24(22(20)16-29)27-25-12-13-28-15-19(6-2)21(14-26(25)28)23(17-31-4)18(3)30;/h8,10-11,16-17,19,21,25-27H,1,5-7,9,12-15H2,2-4H3;/b23-17-;. The number of Topliss-reactive ketones (excluding diaryl/α,β-unsaturated/α-hetero) is 1. The summed E-state index contributed by atoms with van der Waals surface area (Å²) in [5, 5.41) is 3.74. The average molecular weight is 633 g/mol. The fourth-order valence-electron chi connectivity index (χ4n) is 5.60. The predicted octanol–water partition coefficient (Wildman–Crippen LogP) is 4.43. The Bertz CT molecular complexity index is 825. The first-order chi connectivity index (χ1) is 15.5. The van der Waals surface area contributed by atoms with Crippen molar-refractivity contribution in [1.29, 1.82) is 0 Å². The van der Waals surface area contributed by atoms with Gasteiger partial charge in [-0.2, -0.15) is 0 Å². The monoisotopic (exact) mass is 633 g/mol. The van der Waals surface area contributed by atoms with Crippen molar-refractivity contribution in [2.24, 2.45) is 11.8 Å². The summed E-state index contributed by atoms with van der Waals surface area (Å²) in [5.74, 6) is 0.790. The predicted molar refractivity (Wildman–Crippen MR) is 130 cm³/mol. The minimum atomic E-state index is 0.108. The van der Waals surface area contributed by atoms with Crippen LogP contribution in [0.4, 0.5) is 5.69 Å². The maximum absolute atomic E-state index is 12.4. The molecule has 173 valence electrons. The molecule has 2 aliphatic heterocycles. The second-order valence-electron chi connectivity index (χ2n) is 9.18. The van der Waals surface area contributed by atoms with Gasteiger partial charge in [0.15, 0.2) is 5.78 Å². The van der Waals surface area contributed by atoms with Gasteiger partial charge in [0.1, 0.15) is 0 Å². The van der Waals surface area contributed by atoms with Crippen molar-refractivity contribution in [3.05, 3.63) is 41.2 Å². The van der Waals surface area contributed by atoms with Gasteiger partial charge in [0.2, 0.25) is 0 Å². The molecule has 2 aliphatic rings. The number of ketones is 1. The molecule has 5 nitrogen and oxygen atoms in total. The number of carbonyl (C=O) groups excluding carboxylic acids is 2. The molecular weight excluding hydrogens is 595 g/mol. The zero-order valence-electron chi connectivity index (χ0n) is 19.7. The van der Waals surface area contributed by atoms with Gasteiger partial charge in [-0.25, -0.2) is 0 Å². The summed E-state index contributed by atoms with van der Waals surface area (Å²) in [7, 11) is 1.62. The number of nitrogens with zero attached hydrogens (tertiary/aromatic N) is 1.